The van der Waals surface area contributed by atoms with E-state index in [9.17, 15) is 4.79 Å². The second kappa shape index (κ2) is 11.1. The molecule has 0 bridgehead atoms. The van der Waals surface area contributed by atoms with Gasteiger partial charge in [0.25, 0.3) is 0 Å². The van der Waals surface area contributed by atoms with Crippen LogP contribution in [-0.2, 0) is 11.2 Å². The van der Waals surface area contributed by atoms with Crippen molar-refractivity contribution in [3.05, 3.63) is 107 Å². The minimum Gasteiger partial charge on any atom is -0.383 e. The summed E-state index contributed by atoms with van der Waals surface area (Å²) in [4.78, 5) is 17.7. The minimum absolute atomic E-state index is 0.0173. The molecule has 0 atom stereocenters. The van der Waals surface area contributed by atoms with Gasteiger partial charge in [-0.05, 0) is 78.4 Å². The van der Waals surface area contributed by atoms with Gasteiger partial charge in [-0.25, -0.2) is 4.99 Å². The van der Waals surface area contributed by atoms with Crippen LogP contribution in [-0.4, -0.2) is 11.7 Å². The van der Waals surface area contributed by atoms with Crippen molar-refractivity contribution in [3.8, 4) is 0 Å². The van der Waals surface area contributed by atoms with Crippen LogP contribution in [0.15, 0.2) is 101 Å². The van der Waals surface area contributed by atoms with Gasteiger partial charge in [-0.15, -0.1) is 11.3 Å². The monoisotopic (exact) mass is 454 g/mol. The Morgan fingerprint density at radius 2 is 1.52 bits per heavy atom. The highest BCUT2D eigenvalue weighted by atomic mass is 32.1. The first-order valence-corrected chi connectivity index (χ1v) is 11.7. The van der Waals surface area contributed by atoms with Crippen LogP contribution in [0.1, 0.15) is 23.3 Å². The Hall–Kier alpha value is -3.90. The molecule has 4 aromatic rings. The van der Waals surface area contributed by atoms with Gasteiger partial charge in [0.2, 0.25) is 5.91 Å². The standard InChI is InChI=1S/C27H26N4OS/c28-27(25-9-5-19-33-25)31-24-13-11-20(12-14-24)6-4-10-26(32)30-23-17-15-22(16-18-23)29-21-7-2-1-3-8-21/h1-3,5,7-9,11-19,29H,4,6,10H2,(H2,28,31)(H,30,32). The zero-order valence-corrected chi connectivity index (χ0v) is 19.0. The molecule has 0 spiro atoms. The number of hydrogen-bond acceptors (Lipinski definition) is 4. The number of carbonyl (C=O) groups excluding carboxylic acids is 1. The molecule has 0 unspecified atom stereocenters. The van der Waals surface area contributed by atoms with E-state index >= 15 is 0 Å². The summed E-state index contributed by atoms with van der Waals surface area (Å²) >= 11 is 1.57. The lowest BCUT2D eigenvalue weighted by Gasteiger charge is -2.09. The van der Waals surface area contributed by atoms with E-state index in [2.05, 4.69) is 15.6 Å². The van der Waals surface area contributed by atoms with Gasteiger partial charge in [0.1, 0.15) is 5.84 Å². The van der Waals surface area contributed by atoms with Gasteiger partial charge in [0, 0.05) is 23.5 Å². The highest BCUT2D eigenvalue weighted by Gasteiger charge is 2.04. The SMILES string of the molecule is NC(=Nc1ccc(CCCC(=O)Nc2ccc(Nc3ccccc3)cc2)cc1)c1cccs1. The molecule has 1 aromatic heterocycles. The quantitative estimate of drug-likeness (QED) is 0.200. The summed E-state index contributed by atoms with van der Waals surface area (Å²) in [6.45, 7) is 0. The van der Waals surface area contributed by atoms with Gasteiger partial charge in [-0.3, -0.25) is 4.79 Å². The molecule has 4 N–H and O–H groups in total. The van der Waals surface area contributed by atoms with E-state index in [0.29, 0.717) is 12.3 Å². The second-order valence-corrected chi connectivity index (χ2v) is 8.56. The number of anilines is 3. The van der Waals surface area contributed by atoms with E-state index in [-0.39, 0.29) is 5.91 Å². The summed E-state index contributed by atoms with van der Waals surface area (Å²) in [6, 6.07) is 29.6. The maximum atomic E-state index is 12.3. The topological polar surface area (TPSA) is 79.5 Å². The highest BCUT2D eigenvalue weighted by Crippen LogP contribution is 2.20. The predicted molar refractivity (Wildman–Crippen MR) is 139 cm³/mol. The molecule has 33 heavy (non-hydrogen) atoms. The number of aryl methyl sites for hydroxylation is 1. The van der Waals surface area contributed by atoms with Crippen molar-refractivity contribution in [2.24, 2.45) is 10.7 Å². The molecule has 0 aliphatic heterocycles. The van der Waals surface area contributed by atoms with Gasteiger partial charge in [0.15, 0.2) is 0 Å². The molecular formula is C27H26N4OS. The van der Waals surface area contributed by atoms with Crippen LogP contribution < -0.4 is 16.4 Å². The number of nitrogens with two attached hydrogens (primary N) is 1. The zero-order valence-electron chi connectivity index (χ0n) is 18.2. The van der Waals surface area contributed by atoms with Crippen molar-refractivity contribution in [2.45, 2.75) is 19.3 Å². The molecule has 0 fully saturated rings. The molecule has 0 saturated heterocycles. The normalized spacial score (nSPS) is 11.2. The Labute approximate surface area is 198 Å². The van der Waals surface area contributed by atoms with E-state index in [0.717, 1.165) is 40.5 Å². The Morgan fingerprint density at radius 1 is 0.818 bits per heavy atom. The number of para-hydroxylation sites is 1. The number of hydrogen-bond donors (Lipinski definition) is 3. The largest absolute Gasteiger partial charge is 0.383 e. The molecule has 0 aliphatic rings. The molecule has 6 heteroatoms. The van der Waals surface area contributed by atoms with Crippen molar-refractivity contribution in [3.63, 3.8) is 0 Å². The van der Waals surface area contributed by atoms with Crippen LogP contribution in [0.25, 0.3) is 0 Å². The van der Waals surface area contributed by atoms with Crippen molar-refractivity contribution in [1.29, 1.82) is 0 Å². The fourth-order valence-corrected chi connectivity index (χ4v) is 3.98. The summed E-state index contributed by atoms with van der Waals surface area (Å²) in [5, 5.41) is 8.28. The highest BCUT2D eigenvalue weighted by molar-refractivity contribution is 7.12. The average Bonchev–Trinajstić information content (AvgIpc) is 3.38. The molecule has 1 heterocycles. The van der Waals surface area contributed by atoms with Gasteiger partial charge >= 0.3 is 0 Å². The number of amidine groups is 1. The van der Waals surface area contributed by atoms with Crippen LogP contribution in [0.4, 0.5) is 22.7 Å². The molecular weight excluding hydrogens is 428 g/mol. The Bertz CT molecular complexity index is 1190. The zero-order chi connectivity index (χ0) is 22.9. The molecule has 4 rings (SSSR count). The van der Waals surface area contributed by atoms with E-state index in [1.54, 1.807) is 11.3 Å². The number of amides is 1. The Morgan fingerprint density at radius 3 is 2.21 bits per heavy atom. The lowest BCUT2D eigenvalue weighted by atomic mass is 10.1. The first kappa shape index (κ1) is 22.3. The van der Waals surface area contributed by atoms with Crippen molar-refractivity contribution in [2.75, 3.05) is 10.6 Å². The number of benzene rings is 3. The van der Waals surface area contributed by atoms with Crippen molar-refractivity contribution in [1.82, 2.24) is 0 Å². The molecule has 5 nitrogen and oxygen atoms in total. The molecule has 0 aliphatic carbocycles. The van der Waals surface area contributed by atoms with Crippen LogP contribution in [0.2, 0.25) is 0 Å². The first-order valence-electron chi connectivity index (χ1n) is 10.8. The molecule has 3 aromatic carbocycles. The molecule has 0 saturated carbocycles. The van der Waals surface area contributed by atoms with Crippen molar-refractivity contribution >= 4 is 45.8 Å². The number of rotatable bonds is 9. The number of thiophene rings is 1. The fourth-order valence-electron chi connectivity index (χ4n) is 3.36. The summed E-state index contributed by atoms with van der Waals surface area (Å²) in [5.41, 5.74) is 10.8. The maximum Gasteiger partial charge on any atom is 0.224 e. The number of nitrogens with one attached hydrogen (secondary N) is 2. The van der Waals surface area contributed by atoms with E-state index in [1.807, 2.05) is 96.4 Å². The third-order valence-electron chi connectivity index (χ3n) is 5.06. The van der Waals surface area contributed by atoms with Gasteiger partial charge < -0.3 is 16.4 Å². The minimum atomic E-state index is 0.0173. The van der Waals surface area contributed by atoms with Gasteiger partial charge in [0.05, 0.1) is 10.6 Å². The smallest absolute Gasteiger partial charge is 0.224 e. The number of carbonyl (C=O) groups is 1. The molecule has 1 amide bonds. The number of nitrogens with zero attached hydrogens (tertiary/aromatic N) is 1. The van der Waals surface area contributed by atoms with E-state index in [4.69, 9.17) is 5.73 Å². The predicted octanol–water partition coefficient (Wildman–Crippen LogP) is 6.49. The van der Waals surface area contributed by atoms with Crippen LogP contribution in [0.5, 0.6) is 0 Å². The van der Waals surface area contributed by atoms with E-state index in [1.165, 1.54) is 5.56 Å². The maximum absolute atomic E-state index is 12.3. The first-order chi connectivity index (χ1) is 16.2. The van der Waals surface area contributed by atoms with Crippen molar-refractivity contribution < 1.29 is 4.79 Å². The number of aliphatic imine (C=N–C) groups is 1. The van der Waals surface area contributed by atoms with E-state index < -0.39 is 0 Å². The Balaban J connectivity index is 1.21. The van der Waals surface area contributed by atoms with Crippen LogP contribution >= 0.6 is 11.3 Å². The average molecular weight is 455 g/mol. The van der Waals surface area contributed by atoms with Gasteiger partial charge in [-0.2, -0.15) is 0 Å². The summed E-state index contributed by atoms with van der Waals surface area (Å²) in [5.74, 6) is 0.544. The Kier molecular flexibility index (Phi) is 7.51. The van der Waals surface area contributed by atoms with Crippen LogP contribution in [0.3, 0.4) is 0 Å². The lowest BCUT2D eigenvalue weighted by Crippen LogP contribution is -2.11. The van der Waals surface area contributed by atoms with Crippen LogP contribution in [0, 0.1) is 0 Å². The third kappa shape index (κ3) is 6.79. The molecule has 166 valence electrons. The lowest BCUT2D eigenvalue weighted by molar-refractivity contribution is -0.116. The summed E-state index contributed by atoms with van der Waals surface area (Å²) in [6.07, 6.45) is 2.08. The second-order valence-electron chi connectivity index (χ2n) is 7.61. The third-order valence-corrected chi connectivity index (χ3v) is 5.95. The molecule has 0 radical (unpaired) electrons. The summed E-state index contributed by atoms with van der Waals surface area (Å²) in [7, 11) is 0. The van der Waals surface area contributed by atoms with Gasteiger partial charge in [-0.1, -0.05) is 36.4 Å². The fraction of sp³-hybridized carbons (Fsp3) is 0.111. The summed E-state index contributed by atoms with van der Waals surface area (Å²) < 4.78 is 0.